The number of hydrogen-bond donors (Lipinski definition) is 0. The van der Waals surface area contributed by atoms with Crippen molar-refractivity contribution in [1.82, 2.24) is 9.38 Å². The van der Waals surface area contributed by atoms with Gasteiger partial charge in [0.25, 0.3) is 5.56 Å². The van der Waals surface area contributed by atoms with Gasteiger partial charge in [0.1, 0.15) is 12.3 Å². The Morgan fingerprint density at radius 1 is 1.27 bits per heavy atom. The van der Waals surface area contributed by atoms with Gasteiger partial charge in [0.15, 0.2) is 4.67 Å². The van der Waals surface area contributed by atoms with E-state index in [-0.39, 0.29) is 17.9 Å². The molecule has 8 heteroatoms. The van der Waals surface area contributed by atoms with E-state index in [1.165, 1.54) is 16.5 Å². The van der Waals surface area contributed by atoms with Crippen molar-refractivity contribution >= 4 is 43.5 Å². The van der Waals surface area contributed by atoms with Crippen LogP contribution in [0.3, 0.4) is 0 Å². The summed E-state index contributed by atoms with van der Waals surface area (Å²) >= 11 is 6.40. The summed E-state index contributed by atoms with van der Waals surface area (Å²) in [4.78, 5) is 28.1. The maximum atomic E-state index is 12.0. The Balaban J connectivity index is 1.81. The molecule has 22 heavy (non-hydrogen) atoms. The van der Waals surface area contributed by atoms with Crippen LogP contribution in [0.15, 0.2) is 54.9 Å². The number of furan rings is 1. The van der Waals surface area contributed by atoms with E-state index < -0.39 is 5.97 Å². The number of nitrogens with zero attached hydrogens (tertiary/aromatic N) is 2. The van der Waals surface area contributed by atoms with Crippen molar-refractivity contribution in [3.8, 4) is 0 Å². The molecular weight excluding hydrogens is 420 g/mol. The van der Waals surface area contributed by atoms with Crippen molar-refractivity contribution in [1.29, 1.82) is 0 Å². The molecule has 0 aliphatic carbocycles. The summed E-state index contributed by atoms with van der Waals surface area (Å²) in [5.74, 6) is -0.545. The average Bonchev–Trinajstić information content (AvgIpc) is 2.92. The minimum Gasteiger partial charge on any atom is -0.453 e. The average molecular weight is 428 g/mol. The number of pyridine rings is 1. The van der Waals surface area contributed by atoms with E-state index in [2.05, 4.69) is 36.8 Å². The summed E-state index contributed by atoms with van der Waals surface area (Å²) in [7, 11) is 0. The quantitative estimate of drug-likeness (QED) is 0.600. The summed E-state index contributed by atoms with van der Waals surface area (Å²) in [6, 6.07) is 7.88. The zero-order chi connectivity index (χ0) is 15.7. The number of rotatable bonds is 3. The van der Waals surface area contributed by atoms with E-state index in [0.29, 0.717) is 16.0 Å². The molecule has 0 amide bonds. The largest absolute Gasteiger partial charge is 0.453 e. The maximum absolute atomic E-state index is 12.0. The normalized spacial score (nSPS) is 10.8. The molecule has 0 N–H and O–H groups in total. The van der Waals surface area contributed by atoms with Crippen molar-refractivity contribution in [2.24, 2.45) is 0 Å². The van der Waals surface area contributed by atoms with Crippen LogP contribution >= 0.6 is 31.9 Å². The molecule has 0 bridgehead atoms. The molecule has 3 aromatic heterocycles. The van der Waals surface area contributed by atoms with Gasteiger partial charge in [-0.05, 0) is 56.1 Å². The van der Waals surface area contributed by atoms with E-state index in [1.807, 2.05) is 0 Å². The van der Waals surface area contributed by atoms with E-state index >= 15 is 0 Å². The fourth-order valence-corrected chi connectivity index (χ4v) is 2.48. The first-order valence-corrected chi connectivity index (χ1v) is 7.72. The van der Waals surface area contributed by atoms with E-state index in [9.17, 15) is 9.59 Å². The van der Waals surface area contributed by atoms with Crippen LogP contribution in [0.1, 0.15) is 16.2 Å². The van der Waals surface area contributed by atoms with Crippen molar-refractivity contribution in [3.05, 3.63) is 67.5 Å². The van der Waals surface area contributed by atoms with Crippen molar-refractivity contribution in [2.75, 3.05) is 0 Å². The highest BCUT2D eigenvalue weighted by Gasteiger charge is 2.13. The second kappa shape index (κ2) is 6.05. The molecule has 0 aromatic carbocycles. The lowest BCUT2D eigenvalue weighted by atomic mass is 10.4. The summed E-state index contributed by atoms with van der Waals surface area (Å²) in [6.45, 7) is -0.112. The van der Waals surface area contributed by atoms with Gasteiger partial charge in [-0.25, -0.2) is 9.78 Å². The van der Waals surface area contributed by atoms with Gasteiger partial charge < -0.3 is 9.15 Å². The van der Waals surface area contributed by atoms with Gasteiger partial charge in [0, 0.05) is 16.7 Å². The summed E-state index contributed by atoms with van der Waals surface area (Å²) < 4.78 is 12.8. The zero-order valence-electron chi connectivity index (χ0n) is 11.0. The van der Waals surface area contributed by atoms with Crippen molar-refractivity contribution in [2.45, 2.75) is 6.61 Å². The van der Waals surface area contributed by atoms with E-state index in [1.54, 1.807) is 24.4 Å². The number of esters is 1. The van der Waals surface area contributed by atoms with Gasteiger partial charge in [-0.1, -0.05) is 0 Å². The molecule has 3 aromatic rings. The molecule has 112 valence electrons. The van der Waals surface area contributed by atoms with E-state index in [4.69, 9.17) is 9.15 Å². The molecule has 0 saturated heterocycles. The van der Waals surface area contributed by atoms with Crippen LogP contribution in [0.5, 0.6) is 0 Å². The molecule has 0 aliphatic heterocycles. The monoisotopic (exact) mass is 426 g/mol. The number of carbonyl (C=O) groups excluding carboxylic acids is 1. The van der Waals surface area contributed by atoms with Crippen LogP contribution in [-0.2, 0) is 11.3 Å². The van der Waals surface area contributed by atoms with Crippen LogP contribution in [-0.4, -0.2) is 15.4 Å². The number of ether oxygens (including phenoxy) is 1. The second-order valence-electron chi connectivity index (χ2n) is 4.34. The van der Waals surface area contributed by atoms with Gasteiger partial charge in [-0.2, -0.15) is 0 Å². The summed E-state index contributed by atoms with van der Waals surface area (Å²) in [5.41, 5.74) is 0.590. The minimum absolute atomic E-state index is 0.0771. The highest BCUT2D eigenvalue weighted by atomic mass is 79.9. The van der Waals surface area contributed by atoms with Gasteiger partial charge in [-0.3, -0.25) is 9.20 Å². The first-order valence-electron chi connectivity index (χ1n) is 6.13. The number of fused-ring (bicyclic) bond motifs is 1. The van der Waals surface area contributed by atoms with Gasteiger partial charge in [0.2, 0.25) is 5.76 Å². The Kier molecular flexibility index (Phi) is 4.12. The molecule has 0 radical (unpaired) electrons. The summed E-state index contributed by atoms with van der Waals surface area (Å²) in [5, 5.41) is 0. The van der Waals surface area contributed by atoms with Gasteiger partial charge in [0.05, 0.1) is 5.69 Å². The Labute approximate surface area is 141 Å². The summed E-state index contributed by atoms with van der Waals surface area (Å²) in [6.07, 6.45) is 1.63. The van der Waals surface area contributed by atoms with Crippen LogP contribution in [0, 0.1) is 0 Å². The smallest absolute Gasteiger partial charge is 0.374 e. The molecule has 3 rings (SSSR count). The molecule has 3 heterocycles. The predicted molar refractivity (Wildman–Crippen MR) is 84.7 cm³/mol. The van der Waals surface area contributed by atoms with E-state index in [0.717, 1.165) is 4.47 Å². The lowest BCUT2D eigenvalue weighted by molar-refractivity contribution is 0.0429. The molecule has 0 unspecified atom stereocenters. The lowest BCUT2D eigenvalue weighted by Crippen LogP contribution is -2.16. The number of hydrogen-bond acceptors (Lipinski definition) is 5. The van der Waals surface area contributed by atoms with Crippen molar-refractivity contribution < 1.29 is 13.9 Å². The van der Waals surface area contributed by atoms with Crippen LogP contribution in [0.25, 0.3) is 5.65 Å². The van der Waals surface area contributed by atoms with Crippen LogP contribution in [0.2, 0.25) is 0 Å². The maximum Gasteiger partial charge on any atom is 0.374 e. The third-order valence-corrected chi connectivity index (χ3v) is 3.70. The third-order valence-electron chi connectivity index (χ3n) is 2.80. The van der Waals surface area contributed by atoms with Crippen LogP contribution in [0.4, 0.5) is 0 Å². The zero-order valence-corrected chi connectivity index (χ0v) is 14.1. The molecule has 6 nitrogen and oxygen atoms in total. The first kappa shape index (κ1) is 15.0. The lowest BCUT2D eigenvalue weighted by Gasteiger charge is -2.05. The fourth-order valence-electron chi connectivity index (χ4n) is 1.83. The second-order valence-corrected chi connectivity index (χ2v) is 6.04. The predicted octanol–water partition coefficient (Wildman–Crippen LogP) is 3.17. The van der Waals surface area contributed by atoms with Crippen LogP contribution < -0.4 is 5.56 Å². The van der Waals surface area contributed by atoms with Gasteiger partial charge in [-0.15, -0.1) is 0 Å². The highest BCUT2D eigenvalue weighted by molar-refractivity contribution is 9.10. The Morgan fingerprint density at radius 3 is 2.82 bits per heavy atom. The highest BCUT2D eigenvalue weighted by Crippen LogP contribution is 2.15. The fraction of sp³-hybridized carbons (Fsp3) is 0.0714. The Morgan fingerprint density at radius 2 is 2.09 bits per heavy atom. The standard InChI is InChI=1S/C14H8Br2N2O4/c15-8-1-4-12-17-9(5-13(19)18(12)6-8)7-21-14(20)10-2-3-11(16)22-10/h1-6H,7H2. The molecule has 0 aliphatic rings. The Hall–Kier alpha value is -1.93. The topological polar surface area (TPSA) is 73.8 Å². The third kappa shape index (κ3) is 3.12. The molecule has 0 fully saturated rings. The molecule has 0 saturated carbocycles. The number of carbonyl (C=O) groups is 1. The SMILES string of the molecule is O=C(OCc1cc(=O)n2cc(Br)ccc2n1)c1ccc(Br)o1. The molecule has 0 spiro atoms. The minimum atomic E-state index is -0.622. The molecule has 0 atom stereocenters. The first-order chi connectivity index (χ1) is 10.5. The van der Waals surface area contributed by atoms with Gasteiger partial charge >= 0.3 is 5.97 Å². The Bertz CT molecular complexity index is 917. The van der Waals surface area contributed by atoms with Crippen molar-refractivity contribution in [3.63, 3.8) is 0 Å². The molecular formula is C14H8Br2N2O4. The number of aromatic nitrogens is 2. The number of halogens is 2.